The summed E-state index contributed by atoms with van der Waals surface area (Å²) in [6, 6.07) is 0.0626. The molecule has 0 aliphatic heterocycles. The van der Waals surface area contributed by atoms with Gasteiger partial charge in [0.05, 0.1) is 0 Å². The standard InChI is InChI=1S/C9H16N4O2S/c1-6-8(5-10)9(12-11-6)16(14,15)13-7-3-2-4-7/h7,13H,2-5,10H2,1H3,(H,11,12). The Kier molecular flexibility index (Phi) is 3.00. The van der Waals surface area contributed by atoms with Crippen LogP contribution in [0.3, 0.4) is 0 Å². The molecule has 0 atom stereocenters. The van der Waals surface area contributed by atoms with Crippen molar-refractivity contribution in [3.8, 4) is 0 Å². The maximum absolute atomic E-state index is 12.0. The van der Waals surface area contributed by atoms with Gasteiger partial charge in [-0.15, -0.1) is 0 Å². The number of nitrogens with zero attached hydrogens (tertiary/aromatic N) is 1. The van der Waals surface area contributed by atoms with Gasteiger partial charge in [-0.3, -0.25) is 5.10 Å². The van der Waals surface area contributed by atoms with Crippen molar-refractivity contribution in [3.05, 3.63) is 11.3 Å². The fourth-order valence-electron chi connectivity index (χ4n) is 1.69. The van der Waals surface area contributed by atoms with Gasteiger partial charge in [0.2, 0.25) is 0 Å². The van der Waals surface area contributed by atoms with Gasteiger partial charge in [0.25, 0.3) is 10.0 Å². The molecule has 0 bridgehead atoms. The largest absolute Gasteiger partial charge is 0.326 e. The number of H-pyrrole nitrogens is 1. The van der Waals surface area contributed by atoms with Crippen LogP contribution in [0, 0.1) is 6.92 Å². The third kappa shape index (κ3) is 1.98. The molecule has 90 valence electrons. The molecule has 0 saturated heterocycles. The van der Waals surface area contributed by atoms with Crippen LogP contribution in [0.1, 0.15) is 30.5 Å². The molecule has 2 rings (SSSR count). The van der Waals surface area contributed by atoms with Crippen molar-refractivity contribution >= 4 is 10.0 Å². The molecule has 0 amide bonds. The zero-order valence-corrected chi connectivity index (χ0v) is 9.97. The number of hydrogen-bond donors (Lipinski definition) is 3. The third-order valence-electron chi connectivity index (χ3n) is 2.92. The maximum Gasteiger partial charge on any atom is 0.260 e. The first kappa shape index (κ1) is 11.6. The summed E-state index contributed by atoms with van der Waals surface area (Å²) in [6.07, 6.45) is 2.89. The Morgan fingerprint density at radius 2 is 2.25 bits per heavy atom. The average Bonchev–Trinajstić information content (AvgIpc) is 2.54. The van der Waals surface area contributed by atoms with Gasteiger partial charge in [-0.2, -0.15) is 5.10 Å². The van der Waals surface area contributed by atoms with E-state index in [1.54, 1.807) is 6.92 Å². The lowest BCUT2D eigenvalue weighted by molar-refractivity contribution is 0.383. The van der Waals surface area contributed by atoms with Gasteiger partial charge in [-0.1, -0.05) is 6.42 Å². The van der Waals surface area contributed by atoms with Crippen molar-refractivity contribution in [1.29, 1.82) is 0 Å². The lowest BCUT2D eigenvalue weighted by atomic mass is 9.94. The molecule has 1 heterocycles. The summed E-state index contributed by atoms with van der Waals surface area (Å²) in [5.74, 6) is 0. The number of aryl methyl sites for hydroxylation is 1. The molecule has 1 fully saturated rings. The molecule has 6 nitrogen and oxygen atoms in total. The van der Waals surface area contributed by atoms with E-state index in [1.807, 2.05) is 0 Å². The number of aromatic nitrogens is 2. The van der Waals surface area contributed by atoms with E-state index in [2.05, 4.69) is 14.9 Å². The fourth-order valence-corrected chi connectivity index (χ4v) is 3.21. The number of hydrogen-bond acceptors (Lipinski definition) is 4. The molecular weight excluding hydrogens is 228 g/mol. The molecule has 0 aromatic carbocycles. The van der Waals surface area contributed by atoms with Crippen LogP contribution >= 0.6 is 0 Å². The Labute approximate surface area is 94.7 Å². The summed E-state index contributed by atoms with van der Waals surface area (Å²) in [6.45, 7) is 1.93. The highest BCUT2D eigenvalue weighted by molar-refractivity contribution is 7.89. The van der Waals surface area contributed by atoms with Gasteiger partial charge in [-0.05, 0) is 19.8 Å². The van der Waals surface area contributed by atoms with Crippen LogP contribution in [0.4, 0.5) is 0 Å². The Morgan fingerprint density at radius 1 is 1.56 bits per heavy atom. The second kappa shape index (κ2) is 4.15. The topological polar surface area (TPSA) is 101 Å². The molecule has 7 heteroatoms. The molecule has 1 aliphatic carbocycles. The van der Waals surface area contributed by atoms with Crippen LogP contribution in [0.5, 0.6) is 0 Å². The molecule has 0 spiro atoms. The molecule has 1 aliphatic rings. The van der Waals surface area contributed by atoms with E-state index in [1.165, 1.54) is 0 Å². The van der Waals surface area contributed by atoms with E-state index in [4.69, 9.17) is 5.73 Å². The molecular formula is C9H16N4O2S. The predicted molar refractivity (Wildman–Crippen MR) is 59.2 cm³/mol. The van der Waals surface area contributed by atoms with Gasteiger partial charge in [0.15, 0.2) is 5.03 Å². The smallest absolute Gasteiger partial charge is 0.260 e. The second-order valence-corrected chi connectivity index (χ2v) is 5.71. The fraction of sp³-hybridized carbons (Fsp3) is 0.667. The van der Waals surface area contributed by atoms with Gasteiger partial charge in [-0.25, -0.2) is 13.1 Å². The summed E-state index contributed by atoms with van der Waals surface area (Å²) < 4.78 is 26.6. The Morgan fingerprint density at radius 3 is 2.75 bits per heavy atom. The molecule has 1 aromatic rings. The first-order chi connectivity index (χ1) is 7.54. The van der Waals surface area contributed by atoms with Crippen LogP contribution in [0.15, 0.2) is 5.03 Å². The van der Waals surface area contributed by atoms with Crippen molar-refractivity contribution in [1.82, 2.24) is 14.9 Å². The van der Waals surface area contributed by atoms with Crippen LogP contribution in [0.25, 0.3) is 0 Å². The van der Waals surface area contributed by atoms with E-state index < -0.39 is 10.0 Å². The number of nitrogens with one attached hydrogen (secondary N) is 2. The first-order valence-corrected chi connectivity index (χ1v) is 6.79. The molecule has 1 aromatic heterocycles. The molecule has 4 N–H and O–H groups in total. The highest BCUT2D eigenvalue weighted by Gasteiger charge is 2.28. The zero-order chi connectivity index (χ0) is 11.8. The zero-order valence-electron chi connectivity index (χ0n) is 9.16. The maximum atomic E-state index is 12.0. The van der Waals surface area contributed by atoms with Crippen LogP contribution in [-0.4, -0.2) is 24.7 Å². The monoisotopic (exact) mass is 244 g/mol. The first-order valence-electron chi connectivity index (χ1n) is 5.31. The highest BCUT2D eigenvalue weighted by Crippen LogP contribution is 2.22. The normalized spacial score (nSPS) is 17.4. The van der Waals surface area contributed by atoms with E-state index in [-0.39, 0.29) is 17.6 Å². The van der Waals surface area contributed by atoms with Crippen molar-refractivity contribution in [2.75, 3.05) is 0 Å². The minimum Gasteiger partial charge on any atom is -0.326 e. The van der Waals surface area contributed by atoms with Crippen LogP contribution in [0.2, 0.25) is 0 Å². The predicted octanol–water partition coefficient (Wildman–Crippen LogP) is 0.00762. The van der Waals surface area contributed by atoms with Crippen molar-refractivity contribution in [2.45, 2.75) is 43.8 Å². The number of nitrogens with two attached hydrogens (primary N) is 1. The van der Waals surface area contributed by atoms with E-state index >= 15 is 0 Å². The summed E-state index contributed by atoms with van der Waals surface area (Å²) in [5, 5.41) is 6.51. The third-order valence-corrected chi connectivity index (χ3v) is 4.41. The number of aromatic amines is 1. The van der Waals surface area contributed by atoms with Gasteiger partial charge in [0, 0.05) is 23.8 Å². The molecule has 16 heavy (non-hydrogen) atoms. The summed E-state index contributed by atoms with van der Waals surface area (Å²) in [4.78, 5) is 0. The summed E-state index contributed by atoms with van der Waals surface area (Å²) >= 11 is 0. The van der Waals surface area contributed by atoms with Crippen molar-refractivity contribution in [2.24, 2.45) is 5.73 Å². The van der Waals surface area contributed by atoms with Crippen LogP contribution in [-0.2, 0) is 16.6 Å². The average molecular weight is 244 g/mol. The van der Waals surface area contributed by atoms with Gasteiger partial charge < -0.3 is 5.73 Å². The van der Waals surface area contributed by atoms with Crippen LogP contribution < -0.4 is 10.5 Å². The summed E-state index contributed by atoms with van der Waals surface area (Å²) in [5.41, 5.74) is 6.78. The quantitative estimate of drug-likeness (QED) is 0.694. The Hall–Kier alpha value is -0.920. The molecule has 1 saturated carbocycles. The van der Waals surface area contributed by atoms with Crippen molar-refractivity contribution < 1.29 is 8.42 Å². The Bertz CT molecular complexity index is 476. The van der Waals surface area contributed by atoms with Gasteiger partial charge in [0.1, 0.15) is 0 Å². The second-order valence-electron chi connectivity index (χ2n) is 4.09. The van der Waals surface area contributed by atoms with E-state index in [9.17, 15) is 8.42 Å². The minimum absolute atomic E-state index is 0.0411. The Balaban J connectivity index is 2.27. The molecule has 0 radical (unpaired) electrons. The lowest BCUT2D eigenvalue weighted by Crippen LogP contribution is -2.39. The number of rotatable bonds is 4. The molecule has 0 unspecified atom stereocenters. The van der Waals surface area contributed by atoms with Crippen molar-refractivity contribution in [3.63, 3.8) is 0 Å². The minimum atomic E-state index is -3.51. The SMILES string of the molecule is Cc1[nH]nc(S(=O)(=O)NC2CCC2)c1CN. The lowest BCUT2D eigenvalue weighted by Gasteiger charge is -2.25. The van der Waals surface area contributed by atoms with Gasteiger partial charge >= 0.3 is 0 Å². The highest BCUT2D eigenvalue weighted by atomic mass is 32.2. The van der Waals surface area contributed by atoms with E-state index in [0.29, 0.717) is 11.3 Å². The summed E-state index contributed by atoms with van der Waals surface area (Å²) in [7, 11) is -3.51. The van der Waals surface area contributed by atoms with E-state index in [0.717, 1.165) is 19.3 Å². The number of sulfonamides is 1.